The lowest BCUT2D eigenvalue weighted by Crippen LogP contribution is -2.49. The van der Waals surface area contributed by atoms with Crippen molar-refractivity contribution in [1.82, 2.24) is 24.6 Å². The number of para-hydroxylation sites is 1. The molecule has 0 amide bonds. The van der Waals surface area contributed by atoms with Gasteiger partial charge < -0.3 is 34.1 Å². The van der Waals surface area contributed by atoms with E-state index in [1.807, 2.05) is 11.9 Å². The molecule has 4 heterocycles. The number of anilines is 1. The van der Waals surface area contributed by atoms with Crippen molar-refractivity contribution in [3.8, 4) is 5.75 Å². The van der Waals surface area contributed by atoms with E-state index in [-0.39, 0.29) is 17.7 Å². The number of carbonyl (C=O) groups excluding carboxylic acids is 3. The smallest absolute Gasteiger partial charge is 0.459 e. The fourth-order valence-corrected chi connectivity index (χ4v) is 7.37. The number of esters is 3. The molecule has 278 valence electrons. The molecule has 0 unspecified atom stereocenters. The van der Waals surface area contributed by atoms with Crippen LogP contribution in [0.15, 0.2) is 48.8 Å². The van der Waals surface area contributed by atoms with Gasteiger partial charge in [-0.2, -0.15) is 10.2 Å². The van der Waals surface area contributed by atoms with Crippen molar-refractivity contribution in [2.24, 2.45) is 11.8 Å². The Bertz CT molecular complexity index is 1760. The summed E-state index contributed by atoms with van der Waals surface area (Å²) in [5, 5.41) is 7.03. The second kappa shape index (κ2) is 15.7. The lowest BCUT2D eigenvalue weighted by Gasteiger charge is -2.33. The van der Waals surface area contributed by atoms with Crippen LogP contribution in [0.5, 0.6) is 5.75 Å². The average molecular weight is 731 g/mol. The number of aromatic nitrogens is 3. The third-order valence-corrected chi connectivity index (χ3v) is 10.3. The maximum atomic E-state index is 14.5. The molecular weight excluding hydrogens is 683 g/mol. The van der Waals surface area contributed by atoms with Crippen LogP contribution in [0.3, 0.4) is 0 Å². The van der Waals surface area contributed by atoms with Crippen LogP contribution in [-0.4, -0.2) is 94.1 Å². The van der Waals surface area contributed by atoms with Crippen LogP contribution in [0.25, 0.3) is 5.52 Å². The Balaban J connectivity index is 1.48. The Kier molecular flexibility index (Phi) is 11.7. The quantitative estimate of drug-likeness (QED) is 0.138. The number of ether oxygens (including phenoxy) is 4. The first-order valence-corrected chi connectivity index (χ1v) is 18.5. The van der Waals surface area contributed by atoms with Crippen LogP contribution in [0.1, 0.15) is 59.8 Å². The first-order chi connectivity index (χ1) is 24.1. The zero-order chi connectivity index (χ0) is 37.1. The van der Waals surface area contributed by atoms with Gasteiger partial charge in [-0.15, -0.1) is 0 Å². The SMILES string of the molecule is CC(C)C(=O)O[C@H]1[C@H](c2ccc3c(N)ncnn23)O[C@](C)(CO[P@@](=O)(N[C@@H](C)C(=O)O[C@H]2CCN(C)C2)Oc2ccccc2)[C@H]1OC(=O)C(C)C. The van der Waals surface area contributed by atoms with Crippen molar-refractivity contribution in [3.63, 3.8) is 0 Å². The van der Waals surface area contributed by atoms with E-state index in [0.717, 1.165) is 6.54 Å². The Hall–Kier alpha value is -4.08. The summed E-state index contributed by atoms with van der Waals surface area (Å²) >= 11 is 0. The van der Waals surface area contributed by atoms with Gasteiger partial charge >= 0.3 is 25.7 Å². The topological polar surface area (TPSA) is 195 Å². The zero-order valence-electron chi connectivity index (χ0n) is 29.9. The molecule has 0 spiro atoms. The van der Waals surface area contributed by atoms with E-state index in [9.17, 15) is 18.9 Å². The molecule has 7 atom stereocenters. The molecule has 17 heteroatoms. The van der Waals surface area contributed by atoms with Gasteiger partial charge in [-0.3, -0.25) is 18.9 Å². The highest BCUT2D eigenvalue weighted by Gasteiger charge is 2.59. The largest absolute Gasteiger partial charge is 0.460 e. The maximum absolute atomic E-state index is 14.5. The molecule has 2 aromatic heterocycles. The van der Waals surface area contributed by atoms with Crippen LogP contribution < -0.4 is 15.3 Å². The first-order valence-electron chi connectivity index (χ1n) is 16.9. The first kappa shape index (κ1) is 38.2. The summed E-state index contributed by atoms with van der Waals surface area (Å²) in [5.41, 5.74) is 5.39. The standard InChI is InChI=1S/C34H47N6O10P/c1-20(2)31(41)47-28-27(25-13-14-26-30(35)36-19-37-40(25)26)49-34(6,29(28)48-32(42)21(3)4)18-45-51(44,50-23-11-9-8-10-12-23)38-22(5)33(43)46-24-15-16-39(7)17-24/h8-14,19-22,24,27-29H,15-18H2,1-7H3,(H,38,44)(H2,35,36,37)/t22-,24-,27-,28-,29-,34+,51-/m0/s1. The summed E-state index contributed by atoms with van der Waals surface area (Å²) in [7, 11) is -2.47. The molecular formula is C34H47N6O10P. The molecule has 0 bridgehead atoms. The number of nitrogens with one attached hydrogen (secondary N) is 1. The molecule has 2 saturated heterocycles. The Morgan fingerprint density at radius 2 is 1.71 bits per heavy atom. The van der Waals surface area contributed by atoms with Crippen molar-refractivity contribution in [2.45, 2.75) is 84.0 Å². The minimum Gasteiger partial charge on any atom is -0.460 e. The second-order valence-corrected chi connectivity index (χ2v) is 15.4. The number of hydrogen-bond donors (Lipinski definition) is 2. The van der Waals surface area contributed by atoms with Crippen molar-refractivity contribution in [1.29, 1.82) is 0 Å². The summed E-state index contributed by atoms with van der Waals surface area (Å²) in [4.78, 5) is 45.5. The molecule has 0 aliphatic carbocycles. The number of rotatable bonds is 14. The van der Waals surface area contributed by atoms with Crippen LogP contribution in [0.2, 0.25) is 0 Å². The molecule has 2 aliphatic heterocycles. The highest BCUT2D eigenvalue weighted by molar-refractivity contribution is 7.52. The zero-order valence-corrected chi connectivity index (χ0v) is 30.8. The number of hydrogen-bond acceptors (Lipinski definition) is 14. The van der Waals surface area contributed by atoms with Crippen molar-refractivity contribution < 1.29 is 46.9 Å². The van der Waals surface area contributed by atoms with Gasteiger partial charge in [-0.05, 0) is 51.6 Å². The van der Waals surface area contributed by atoms with Gasteiger partial charge in [0.15, 0.2) is 18.0 Å². The van der Waals surface area contributed by atoms with E-state index < -0.39 is 74.1 Å². The van der Waals surface area contributed by atoms with E-state index in [0.29, 0.717) is 24.2 Å². The van der Waals surface area contributed by atoms with Gasteiger partial charge in [0.25, 0.3) is 0 Å². The molecule has 5 rings (SSSR count). The molecule has 3 aromatic rings. The molecule has 1 aromatic carbocycles. The van der Waals surface area contributed by atoms with Crippen LogP contribution in [0, 0.1) is 11.8 Å². The molecule has 3 N–H and O–H groups in total. The van der Waals surface area contributed by atoms with Gasteiger partial charge in [0.2, 0.25) is 0 Å². The minimum atomic E-state index is -4.40. The molecule has 16 nitrogen and oxygen atoms in total. The third-order valence-electron chi connectivity index (χ3n) is 8.66. The van der Waals surface area contributed by atoms with Crippen molar-refractivity contribution >= 4 is 37.0 Å². The molecule has 0 saturated carbocycles. The normalized spacial score (nSPS) is 25.5. The molecule has 2 fully saturated rings. The predicted molar refractivity (Wildman–Crippen MR) is 184 cm³/mol. The maximum Gasteiger partial charge on any atom is 0.459 e. The van der Waals surface area contributed by atoms with Gasteiger partial charge in [-0.25, -0.2) is 14.1 Å². The highest BCUT2D eigenvalue weighted by Crippen LogP contribution is 2.50. The monoisotopic (exact) mass is 730 g/mol. The Labute approximate surface area is 296 Å². The van der Waals surface area contributed by atoms with Crippen LogP contribution in [0.4, 0.5) is 5.82 Å². The fraction of sp³-hybridized carbons (Fsp3) is 0.559. The summed E-state index contributed by atoms with van der Waals surface area (Å²) in [6.07, 6.45) is -1.90. The predicted octanol–water partition coefficient (Wildman–Crippen LogP) is 3.71. The van der Waals surface area contributed by atoms with E-state index in [2.05, 4.69) is 15.2 Å². The number of nitrogens with two attached hydrogens (primary N) is 1. The molecule has 51 heavy (non-hydrogen) atoms. The van der Waals surface area contributed by atoms with Crippen molar-refractivity contribution in [3.05, 3.63) is 54.5 Å². The lowest BCUT2D eigenvalue weighted by atomic mass is 9.95. The van der Waals surface area contributed by atoms with E-state index >= 15 is 0 Å². The van der Waals surface area contributed by atoms with Gasteiger partial charge in [0.05, 0.1) is 24.1 Å². The van der Waals surface area contributed by atoms with Crippen LogP contribution in [-0.2, 0) is 42.4 Å². The number of benzene rings is 1. The Morgan fingerprint density at radius 3 is 2.35 bits per heavy atom. The van der Waals surface area contributed by atoms with E-state index in [1.165, 1.54) is 17.8 Å². The fourth-order valence-electron chi connectivity index (χ4n) is 5.78. The number of nitrogens with zero attached hydrogens (tertiary/aromatic N) is 4. The molecule has 0 radical (unpaired) electrons. The van der Waals surface area contributed by atoms with Crippen molar-refractivity contribution in [2.75, 3.05) is 32.5 Å². The lowest BCUT2D eigenvalue weighted by molar-refractivity contribution is -0.175. The summed E-state index contributed by atoms with van der Waals surface area (Å²) in [6, 6.07) is 10.6. The second-order valence-electron chi connectivity index (χ2n) is 13.8. The number of carbonyl (C=O) groups is 3. The highest BCUT2D eigenvalue weighted by atomic mass is 31.2. The van der Waals surface area contributed by atoms with Crippen LogP contribution >= 0.6 is 7.75 Å². The number of fused-ring (bicyclic) bond motifs is 1. The number of likely N-dealkylation sites (tertiary alicyclic amines) is 1. The van der Waals surface area contributed by atoms with Gasteiger partial charge in [0.1, 0.15) is 41.4 Å². The van der Waals surface area contributed by atoms with E-state index in [1.54, 1.807) is 77.1 Å². The average Bonchev–Trinajstić information content (AvgIpc) is 3.77. The number of likely N-dealkylation sites (N-methyl/N-ethyl adjacent to an activating group) is 1. The van der Waals surface area contributed by atoms with Gasteiger partial charge in [-0.1, -0.05) is 45.9 Å². The molecule has 2 aliphatic rings. The third kappa shape index (κ3) is 8.87. The minimum absolute atomic E-state index is 0.199. The van der Waals surface area contributed by atoms with Gasteiger partial charge in [0, 0.05) is 13.1 Å². The summed E-state index contributed by atoms with van der Waals surface area (Å²) in [6.45, 7) is 10.6. The Morgan fingerprint density at radius 1 is 1.02 bits per heavy atom. The number of nitrogen functional groups attached to an aromatic ring is 1. The summed E-state index contributed by atoms with van der Waals surface area (Å²) < 4.78 is 52.3. The summed E-state index contributed by atoms with van der Waals surface area (Å²) in [5.74, 6) is -2.49. The van der Waals surface area contributed by atoms with E-state index in [4.69, 9.17) is 33.7 Å².